The van der Waals surface area contributed by atoms with Crippen molar-refractivity contribution < 1.29 is 4.74 Å². The molecule has 2 rings (SSSR count). The predicted octanol–water partition coefficient (Wildman–Crippen LogP) is 4.00. The van der Waals surface area contributed by atoms with Gasteiger partial charge in [-0.2, -0.15) is 0 Å². The Morgan fingerprint density at radius 2 is 1.83 bits per heavy atom. The standard InChI is InChI=1S/C14H13ClINO/c1-18-13-7-4-10(15)8-12(13)14(17)9-2-5-11(16)6-3-9/h2-8,14H,17H2,1H3. The van der Waals surface area contributed by atoms with E-state index in [1.807, 2.05) is 36.4 Å². The Balaban J connectivity index is 2.41. The van der Waals surface area contributed by atoms with E-state index in [0.717, 1.165) is 16.9 Å². The smallest absolute Gasteiger partial charge is 0.124 e. The molecule has 0 bridgehead atoms. The highest BCUT2D eigenvalue weighted by Crippen LogP contribution is 2.30. The summed E-state index contributed by atoms with van der Waals surface area (Å²) in [6.45, 7) is 0. The summed E-state index contributed by atoms with van der Waals surface area (Å²) in [6.07, 6.45) is 0. The molecule has 0 aliphatic rings. The number of halogens is 2. The summed E-state index contributed by atoms with van der Waals surface area (Å²) in [6, 6.07) is 13.4. The Labute approximate surface area is 125 Å². The van der Waals surface area contributed by atoms with E-state index in [2.05, 4.69) is 22.6 Å². The monoisotopic (exact) mass is 373 g/mol. The Morgan fingerprint density at radius 1 is 1.17 bits per heavy atom. The molecule has 0 heterocycles. The van der Waals surface area contributed by atoms with Crippen molar-refractivity contribution in [3.63, 3.8) is 0 Å². The molecule has 2 nitrogen and oxygen atoms in total. The molecule has 0 aliphatic carbocycles. The second-order valence-corrected chi connectivity index (χ2v) is 5.60. The van der Waals surface area contributed by atoms with Gasteiger partial charge in [-0.15, -0.1) is 0 Å². The summed E-state index contributed by atoms with van der Waals surface area (Å²) in [7, 11) is 1.63. The van der Waals surface area contributed by atoms with E-state index >= 15 is 0 Å². The maximum Gasteiger partial charge on any atom is 0.124 e. The molecular formula is C14H13ClINO. The van der Waals surface area contributed by atoms with Crippen molar-refractivity contribution in [1.82, 2.24) is 0 Å². The van der Waals surface area contributed by atoms with Crippen molar-refractivity contribution in [3.8, 4) is 5.75 Å². The van der Waals surface area contributed by atoms with Crippen molar-refractivity contribution >= 4 is 34.2 Å². The van der Waals surface area contributed by atoms with Gasteiger partial charge in [0.2, 0.25) is 0 Å². The number of benzene rings is 2. The van der Waals surface area contributed by atoms with Gasteiger partial charge in [0.05, 0.1) is 13.2 Å². The minimum absolute atomic E-state index is 0.240. The lowest BCUT2D eigenvalue weighted by molar-refractivity contribution is 0.408. The van der Waals surface area contributed by atoms with Crippen molar-refractivity contribution in [2.24, 2.45) is 5.73 Å². The topological polar surface area (TPSA) is 35.2 Å². The maximum absolute atomic E-state index is 6.27. The lowest BCUT2D eigenvalue weighted by Crippen LogP contribution is -2.13. The van der Waals surface area contributed by atoms with Gasteiger partial charge >= 0.3 is 0 Å². The van der Waals surface area contributed by atoms with Gasteiger partial charge in [0.25, 0.3) is 0 Å². The van der Waals surface area contributed by atoms with Gasteiger partial charge in [0.15, 0.2) is 0 Å². The number of rotatable bonds is 3. The van der Waals surface area contributed by atoms with Crippen LogP contribution in [0, 0.1) is 3.57 Å². The largest absolute Gasteiger partial charge is 0.496 e. The minimum atomic E-state index is -0.240. The molecule has 1 atom stereocenters. The Bertz CT molecular complexity index is 542. The molecule has 0 aromatic heterocycles. The fourth-order valence-corrected chi connectivity index (χ4v) is 2.34. The first-order chi connectivity index (χ1) is 8.61. The number of nitrogens with two attached hydrogens (primary N) is 1. The van der Waals surface area contributed by atoms with Crippen LogP contribution in [0.2, 0.25) is 5.02 Å². The summed E-state index contributed by atoms with van der Waals surface area (Å²) in [4.78, 5) is 0. The van der Waals surface area contributed by atoms with Crippen molar-refractivity contribution in [2.75, 3.05) is 7.11 Å². The van der Waals surface area contributed by atoms with E-state index in [9.17, 15) is 0 Å². The van der Waals surface area contributed by atoms with E-state index in [-0.39, 0.29) is 6.04 Å². The normalized spacial score (nSPS) is 12.2. The fraction of sp³-hybridized carbons (Fsp3) is 0.143. The average molecular weight is 374 g/mol. The lowest BCUT2D eigenvalue weighted by Gasteiger charge is -2.16. The van der Waals surface area contributed by atoms with Crippen molar-refractivity contribution in [1.29, 1.82) is 0 Å². The molecule has 0 aliphatic heterocycles. The van der Waals surface area contributed by atoms with E-state index in [1.54, 1.807) is 13.2 Å². The van der Waals surface area contributed by atoms with Crippen molar-refractivity contribution in [3.05, 3.63) is 62.2 Å². The van der Waals surface area contributed by atoms with Crippen LogP contribution in [0.15, 0.2) is 42.5 Å². The molecule has 2 aromatic rings. The Hall–Kier alpha value is -0.780. The van der Waals surface area contributed by atoms with Crippen LogP contribution in [-0.4, -0.2) is 7.11 Å². The third-order valence-electron chi connectivity index (χ3n) is 2.76. The first kappa shape index (κ1) is 13.6. The molecule has 94 valence electrons. The summed E-state index contributed by atoms with van der Waals surface area (Å²) >= 11 is 8.29. The molecule has 2 aromatic carbocycles. The first-order valence-electron chi connectivity index (χ1n) is 5.46. The van der Waals surface area contributed by atoms with Crippen LogP contribution in [0.5, 0.6) is 5.75 Å². The second-order valence-electron chi connectivity index (χ2n) is 3.92. The average Bonchev–Trinajstić information content (AvgIpc) is 2.39. The van der Waals surface area contributed by atoms with E-state index in [1.165, 1.54) is 3.57 Å². The van der Waals surface area contributed by atoms with Gasteiger partial charge < -0.3 is 10.5 Å². The summed E-state index contributed by atoms with van der Waals surface area (Å²) in [5, 5.41) is 0.659. The summed E-state index contributed by atoms with van der Waals surface area (Å²) < 4.78 is 6.51. The Morgan fingerprint density at radius 3 is 2.44 bits per heavy atom. The molecule has 1 unspecified atom stereocenters. The number of hydrogen-bond acceptors (Lipinski definition) is 2. The SMILES string of the molecule is COc1ccc(Cl)cc1C(N)c1ccc(I)cc1. The van der Waals surface area contributed by atoms with Gasteiger partial charge in [-0.3, -0.25) is 0 Å². The van der Waals surface area contributed by atoms with Gasteiger partial charge in [-0.25, -0.2) is 0 Å². The number of ether oxygens (including phenoxy) is 1. The number of methoxy groups -OCH3 is 1. The van der Waals surface area contributed by atoms with Gasteiger partial charge in [0, 0.05) is 14.2 Å². The fourth-order valence-electron chi connectivity index (χ4n) is 1.80. The predicted molar refractivity (Wildman–Crippen MR) is 83.2 cm³/mol. The summed E-state index contributed by atoms with van der Waals surface area (Å²) in [5.41, 5.74) is 8.20. The zero-order valence-corrected chi connectivity index (χ0v) is 12.8. The van der Waals surface area contributed by atoms with Gasteiger partial charge in [-0.1, -0.05) is 23.7 Å². The quantitative estimate of drug-likeness (QED) is 0.825. The number of hydrogen-bond donors (Lipinski definition) is 1. The molecule has 0 spiro atoms. The minimum Gasteiger partial charge on any atom is -0.496 e. The third kappa shape index (κ3) is 2.96. The molecule has 0 amide bonds. The van der Waals surface area contributed by atoms with E-state index in [0.29, 0.717) is 5.02 Å². The maximum atomic E-state index is 6.27. The molecule has 18 heavy (non-hydrogen) atoms. The summed E-state index contributed by atoms with van der Waals surface area (Å²) in [5.74, 6) is 0.755. The second kappa shape index (κ2) is 5.91. The molecule has 2 N–H and O–H groups in total. The van der Waals surface area contributed by atoms with Crippen LogP contribution in [-0.2, 0) is 0 Å². The zero-order valence-electron chi connectivity index (χ0n) is 9.86. The molecule has 0 fully saturated rings. The third-order valence-corrected chi connectivity index (χ3v) is 3.71. The van der Waals surface area contributed by atoms with Crippen LogP contribution >= 0.6 is 34.2 Å². The molecule has 0 saturated carbocycles. The highest BCUT2D eigenvalue weighted by Gasteiger charge is 2.14. The molecule has 0 radical (unpaired) electrons. The van der Waals surface area contributed by atoms with Crippen LogP contribution in [0.25, 0.3) is 0 Å². The van der Waals surface area contributed by atoms with Crippen LogP contribution in [0.1, 0.15) is 17.2 Å². The van der Waals surface area contributed by atoms with Gasteiger partial charge in [-0.05, 0) is 58.5 Å². The van der Waals surface area contributed by atoms with Crippen molar-refractivity contribution in [2.45, 2.75) is 6.04 Å². The van der Waals surface area contributed by atoms with Crippen LogP contribution in [0.4, 0.5) is 0 Å². The zero-order chi connectivity index (χ0) is 13.1. The highest BCUT2D eigenvalue weighted by molar-refractivity contribution is 14.1. The van der Waals surface area contributed by atoms with E-state index in [4.69, 9.17) is 22.1 Å². The molecular weight excluding hydrogens is 361 g/mol. The van der Waals surface area contributed by atoms with Gasteiger partial charge in [0.1, 0.15) is 5.75 Å². The van der Waals surface area contributed by atoms with Crippen LogP contribution < -0.4 is 10.5 Å². The van der Waals surface area contributed by atoms with E-state index < -0.39 is 0 Å². The van der Waals surface area contributed by atoms with Crippen LogP contribution in [0.3, 0.4) is 0 Å². The first-order valence-corrected chi connectivity index (χ1v) is 6.92. The lowest BCUT2D eigenvalue weighted by atomic mass is 9.99. The molecule has 0 saturated heterocycles. The highest BCUT2D eigenvalue weighted by atomic mass is 127. The Kier molecular flexibility index (Phi) is 4.48. The molecule has 4 heteroatoms.